The molecule has 1 unspecified atom stereocenters. The maximum Gasteiger partial charge on any atom is 0.267 e. The van der Waals surface area contributed by atoms with Gasteiger partial charge < -0.3 is 15.4 Å². The number of primary amides is 1. The first-order valence-electron chi connectivity index (χ1n) is 9.15. The van der Waals surface area contributed by atoms with Crippen LogP contribution < -0.4 is 10.5 Å². The van der Waals surface area contributed by atoms with E-state index in [2.05, 4.69) is 20.5 Å². The van der Waals surface area contributed by atoms with Crippen LogP contribution >= 0.6 is 0 Å². The predicted molar refractivity (Wildman–Crippen MR) is 101 cm³/mol. The van der Waals surface area contributed by atoms with E-state index in [1.807, 2.05) is 6.07 Å². The highest BCUT2D eigenvalue weighted by molar-refractivity contribution is 5.95. The normalized spacial score (nSPS) is 16.4. The second kappa shape index (κ2) is 8.05. The molecular weight excluding hydrogens is 374 g/mol. The van der Waals surface area contributed by atoms with Crippen molar-refractivity contribution in [2.45, 2.75) is 18.9 Å². The molecule has 2 N–H and O–H groups in total. The average molecular weight is 393 g/mol. The molecule has 10 nitrogen and oxygen atoms in total. The van der Waals surface area contributed by atoms with Crippen LogP contribution in [0, 0.1) is 0 Å². The molecule has 2 aromatic heterocycles. The molecule has 3 aromatic rings. The van der Waals surface area contributed by atoms with Gasteiger partial charge in [-0.3, -0.25) is 14.6 Å². The van der Waals surface area contributed by atoms with Gasteiger partial charge in [-0.1, -0.05) is 6.07 Å². The Hall–Kier alpha value is -3.82. The first-order chi connectivity index (χ1) is 14.1. The van der Waals surface area contributed by atoms with Gasteiger partial charge in [0.25, 0.3) is 11.8 Å². The molecule has 148 valence electrons. The fourth-order valence-corrected chi connectivity index (χ4v) is 3.27. The fraction of sp³-hybridized carbons (Fsp3) is 0.263. The van der Waals surface area contributed by atoms with Gasteiger partial charge in [0.05, 0.1) is 12.2 Å². The Morgan fingerprint density at radius 2 is 2.10 bits per heavy atom. The van der Waals surface area contributed by atoms with Crippen LogP contribution in [0.4, 0.5) is 0 Å². The summed E-state index contributed by atoms with van der Waals surface area (Å²) in [5.41, 5.74) is 6.67. The molecule has 0 radical (unpaired) electrons. The molecule has 29 heavy (non-hydrogen) atoms. The number of pyridine rings is 1. The Morgan fingerprint density at radius 1 is 1.21 bits per heavy atom. The lowest BCUT2D eigenvalue weighted by Gasteiger charge is -2.33. The van der Waals surface area contributed by atoms with Gasteiger partial charge in [-0.15, -0.1) is 5.10 Å². The minimum atomic E-state index is -0.613. The number of ether oxygens (including phenoxy) is 1. The van der Waals surface area contributed by atoms with Gasteiger partial charge in [-0.2, -0.15) is 0 Å². The lowest BCUT2D eigenvalue weighted by Crippen LogP contribution is -2.44. The van der Waals surface area contributed by atoms with Crippen molar-refractivity contribution >= 4 is 11.8 Å². The van der Waals surface area contributed by atoms with Crippen LogP contribution in [0.2, 0.25) is 0 Å². The van der Waals surface area contributed by atoms with Gasteiger partial charge in [0.2, 0.25) is 0 Å². The number of aromatic nitrogens is 5. The van der Waals surface area contributed by atoms with Gasteiger partial charge in [0, 0.05) is 24.4 Å². The smallest absolute Gasteiger partial charge is 0.267 e. The summed E-state index contributed by atoms with van der Waals surface area (Å²) in [6, 6.07) is 10.3. The van der Waals surface area contributed by atoms with Crippen molar-refractivity contribution in [3.05, 3.63) is 60.2 Å². The quantitative estimate of drug-likeness (QED) is 0.680. The Morgan fingerprint density at radius 3 is 2.90 bits per heavy atom. The fourth-order valence-electron chi connectivity index (χ4n) is 3.27. The highest BCUT2D eigenvalue weighted by Gasteiger charge is 2.26. The number of rotatable bonds is 5. The van der Waals surface area contributed by atoms with Crippen LogP contribution in [0.3, 0.4) is 0 Å². The Kier molecular flexibility index (Phi) is 5.14. The Bertz CT molecular complexity index is 1020. The Labute approximate surface area is 166 Å². The SMILES string of the molecule is NC(=O)c1cc(OC2CCCN(C(=O)c3cccc(-n4cnnn4)c3)C2)ccn1. The highest BCUT2D eigenvalue weighted by atomic mass is 16.5. The van der Waals surface area contributed by atoms with Crippen molar-refractivity contribution in [1.82, 2.24) is 30.1 Å². The first-order valence-corrected chi connectivity index (χ1v) is 9.15. The molecule has 4 rings (SSSR count). The third-order valence-corrected chi connectivity index (χ3v) is 4.66. The van der Waals surface area contributed by atoms with Crippen molar-refractivity contribution in [3.8, 4) is 11.4 Å². The predicted octanol–water partition coefficient (Wildman–Crippen LogP) is 0.840. The van der Waals surface area contributed by atoms with Crippen LogP contribution in [0.15, 0.2) is 48.9 Å². The van der Waals surface area contributed by atoms with Gasteiger partial charge in [0.1, 0.15) is 23.9 Å². The Balaban J connectivity index is 1.46. The summed E-state index contributed by atoms with van der Waals surface area (Å²) >= 11 is 0. The second-order valence-electron chi connectivity index (χ2n) is 6.68. The summed E-state index contributed by atoms with van der Waals surface area (Å²) in [5.74, 6) is -0.187. The number of nitrogens with zero attached hydrogens (tertiary/aromatic N) is 6. The van der Waals surface area contributed by atoms with E-state index in [-0.39, 0.29) is 17.7 Å². The highest BCUT2D eigenvalue weighted by Crippen LogP contribution is 2.21. The number of likely N-dealkylation sites (tertiary alicyclic amines) is 1. The number of tetrazole rings is 1. The van der Waals surface area contributed by atoms with E-state index in [4.69, 9.17) is 10.5 Å². The van der Waals surface area contributed by atoms with Crippen LogP contribution in [0.1, 0.15) is 33.7 Å². The van der Waals surface area contributed by atoms with Gasteiger partial charge in [0.15, 0.2) is 0 Å². The van der Waals surface area contributed by atoms with E-state index in [0.717, 1.165) is 12.8 Å². The van der Waals surface area contributed by atoms with E-state index < -0.39 is 5.91 Å². The number of carbonyl (C=O) groups excluding carboxylic acids is 2. The molecule has 0 saturated carbocycles. The molecule has 1 aliphatic heterocycles. The van der Waals surface area contributed by atoms with Crippen LogP contribution in [0.25, 0.3) is 5.69 Å². The van der Waals surface area contributed by atoms with Crippen molar-refractivity contribution in [3.63, 3.8) is 0 Å². The molecule has 1 aliphatic rings. The lowest BCUT2D eigenvalue weighted by atomic mass is 10.1. The largest absolute Gasteiger partial charge is 0.488 e. The molecule has 2 amide bonds. The summed E-state index contributed by atoms with van der Waals surface area (Å²) in [7, 11) is 0. The maximum absolute atomic E-state index is 13.0. The van der Waals surface area contributed by atoms with E-state index in [0.29, 0.717) is 30.1 Å². The first kappa shape index (κ1) is 18.5. The zero-order valence-electron chi connectivity index (χ0n) is 15.5. The molecule has 10 heteroatoms. The standard InChI is InChI=1S/C19H19N7O3/c20-18(27)17-10-15(6-7-21-17)29-16-5-2-8-25(11-16)19(28)13-3-1-4-14(9-13)26-12-22-23-24-26/h1,3-4,6-7,9-10,12,16H,2,5,8,11H2,(H2,20,27). The number of benzene rings is 1. The third-order valence-electron chi connectivity index (χ3n) is 4.66. The van der Waals surface area contributed by atoms with E-state index in [1.165, 1.54) is 23.3 Å². The molecule has 1 saturated heterocycles. The van der Waals surface area contributed by atoms with E-state index >= 15 is 0 Å². The summed E-state index contributed by atoms with van der Waals surface area (Å²) in [6.07, 6.45) is 4.40. The molecule has 1 aromatic carbocycles. The second-order valence-corrected chi connectivity index (χ2v) is 6.68. The number of hydrogen-bond acceptors (Lipinski definition) is 7. The molecule has 0 bridgehead atoms. The molecular formula is C19H19N7O3. The van der Waals surface area contributed by atoms with Crippen molar-refractivity contribution in [1.29, 1.82) is 0 Å². The van der Waals surface area contributed by atoms with Crippen LogP contribution in [-0.2, 0) is 0 Å². The van der Waals surface area contributed by atoms with Crippen LogP contribution in [-0.4, -0.2) is 61.1 Å². The number of hydrogen-bond donors (Lipinski definition) is 1. The summed E-state index contributed by atoms with van der Waals surface area (Å²) < 4.78 is 7.47. The average Bonchev–Trinajstić information content (AvgIpc) is 3.29. The molecule has 1 fully saturated rings. The van der Waals surface area contributed by atoms with E-state index in [1.54, 1.807) is 29.2 Å². The maximum atomic E-state index is 13.0. The minimum absolute atomic E-state index is 0.0826. The van der Waals surface area contributed by atoms with Gasteiger partial charge in [-0.25, -0.2) is 4.68 Å². The molecule has 0 spiro atoms. The number of piperidine rings is 1. The molecule has 0 aliphatic carbocycles. The van der Waals surface area contributed by atoms with Crippen molar-refractivity contribution in [2.24, 2.45) is 5.73 Å². The van der Waals surface area contributed by atoms with Gasteiger partial charge in [-0.05, 0) is 47.5 Å². The zero-order valence-corrected chi connectivity index (χ0v) is 15.5. The van der Waals surface area contributed by atoms with E-state index in [9.17, 15) is 9.59 Å². The third kappa shape index (κ3) is 4.21. The monoisotopic (exact) mass is 393 g/mol. The molecule has 3 heterocycles. The van der Waals surface area contributed by atoms with Crippen molar-refractivity contribution in [2.75, 3.05) is 13.1 Å². The van der Waals surface area contributed by atoms with Crippen molar-refractivity contribution < 1.29 is 14.3 Å². The van der Waals surface area contributed by atoms with Gasteiger partial charge >= 0.3 is 0 Å². The topological polar surface area (TPSA) is 129 Å². The minimum Gasteiger partial charge on any atom is -0.488 e. The number of amides is 2. The zero-order chi connectivity index (χ0) is 20.2. The summed E-state index contributed by atoms with van der Waals surface area (Å²) in [6.45, 7) is 1.10. The van der Waals surface area contributed by atoms with Crippen LogP contribution in [0.5, 0.6) is 5.75 Å². The summed E-state index contributed by atoms with van der Waals surface area (Å²) in [5, 5.41) is 11.1. The lowest BCUT2D eigenvalue weighted by molar-refractivity contribution is 0.0537. The number of carbonyl (C=O) groups is 2. The summed E-state index contributed by atoms with van der Waals surface area (Å²) in [4.78, 5) is 30.0. The molecule has 1 atom stereocenters. The number of nitrogens with two attached hydrogens (primary N) is 1.